The van der Waals surface area contributed by atoms with Gasteiger partial charge in [-0.3, -0.25) is 14.9 Å². The maximum atomic E-state index is 12.6. The summed E-state index contributed by atoms with van der Waals surface area (Å²) in [5.74, 6) is 0.00273. The number of nitro benzene ring substituents is 1. The zero-order valence-corrected chi connectivity index (χ0v) is 18.8. The maximum absolute atomic E-state index is 12.6. The number of halogens is 1. The molecule has 0 bridgehead atoms. The van der Waals surface area contributed by atoms with Crippen LogP contribution in [0.15, 0.2) is 65.1 Å². The van der Waals surface area contributed by atoms with Crippen molar-refractivity contribution in [1.82, 2.24) is 4.98 Å². The van der Waals surface area contributed by atoms with Crippen LogP contribution in [0.3, 0.4) is 0 Å². The second-order valence-corrected chi connectivity index (χ2v) is 7.70. The molecule has 0 saturated heterocycles. The molecule has 4 rings (SSSR count). The number of nitrogens with zero attached hydrogens (tertiary/aromatic N) is 3. The van der Waals surface area contributed by atoms with Crippen LogP contribution in [0.2, 0.25) is 5.02 Å². The third-order valence-electron chi connectivity index (χ3n) is 5.30. The Bertz CT molecular complexity index is 1330. The average molecular weight is 465 g/mol. The molecular formula is C24H21ClN4O4. The summed E-state index contributed by atoms with van der Waals surface area (Å²) in [6.45, 7) is 6.09. The summed E-state index contributed by atoms with van der Waals surface area (Å²) >= 11 is 6.05. The highest BCUT2D eigenvalue weighted by atomic mass is 35.5. The molecule has 0 fully saturated rings. The van der Waals surface area contributed by atoms with Crippen molar-refractivity contribution < 1.29 is 14.1 Å². The molecule has 3 aromatic carbocycles. The first-order valence-electron chi connectivity index (χ1n) is 10.4. The van der Waals surface area contributed by atoms with E-state index in [1.54, 1.807) is 18.2 Å². The minimum absolute atomic E-state index is 0.000316. The number of carbonyl (C=O) groups excluding carboxylic acids is 1. The van der Waals surface area contributed by atoms with Gasteiger partial charge in [-0.2, -0.15) is 0 Å². The fourth-order valence-electron chi connectivity index (χ4n) is 3.53. The summed E-state index contributed by atoms with van der Waals surface area (Å²) in [4.78, 5) is 29.7. The third kappa shape index (κ3) is 4.65. The van der Waals surface area contributed by atoms with E-state index in [0.717, 1.165) is 30.4 Å². The number of nitrogens with one attached hydrogen (secondary N) is 1. The molecule has 1 aromatic heterocycles. The van der Waals surface area contributed by atoms with Crippen LogP contribution in [-0.2, 0) is 0 Å². The van der Waals surface area contributed by atoms with Gasteiger partial charge in [-0.1, -0.05) is 11.6 Å². The zero-order chi connectivity index (χ0) is 23.5. The number of hydrogen-bond donors (Lipinski definition) is 1. The van der Waals surface area contributed by atoms with Gasteiger partial charge in [0.25, 0.3) is 11.6 Å². The average Bonchev–Trinajstić information content (AvgIpc) is 3.23. The second-order valence-electron chi connectivity index (χ2n) is 7.30. The molecule has 1 amide bonds. The SMILES string of the molecule is CCN(CC)c1ccc(-c2nc3cc(NC(=O)c4ccc([N+](=O)[O-])cc4Cl)ccc3o2)cc1. The lowest BCUT2D eigenvalue weighted by molar-refractivity contribution is -0.384. The molecule has 0 radical (unpaired) electrons. The first-order chi connectivity index (χ1) is 15.9. The number of fused-ring (bicyclic) bond motifs is 1. The van der Waals surface area contributed by atoms with Gasteiger partial charge in [0.2, 0.25) is 5.89 Å². The van der Waals surface area contributed by atoms with E-state index in [9.17, 15) is 14.9 Å². The van der Waals surface area contributed by atoms with Crippen molar-refractivity contribution in [3.8, 4) is 11.5 Å². The number of amides is 1. The van der Waals surface area contributed by atoms with E-state index in [0.29, 0.717) is 22.7 Å². The maximum Gasteiger partial charge on any atom is 0.270 e. The predicted molar refractivity (Wildman–Crippen MR) is 129 cm³/mol. The van der Waals surface area contributed by atoms with E-state index >= 15 is 0 Å². The summed E-state index contributed by atoms with van der Waals surface area (Å²) in [7, 11) is 0. The topological polar surface area (TPSA) is 102 Å². The van der Waals surface area contributed by atoms with E-state index in [2.05, 4.69) is 29.0 Å². The number of rotatable bonds is 7. The molecule has 0 unspecified atom stereocenters. The predicted octanol–water partition coefficient (Wildman–Crippen LogP) is 6.15. The van der Waals surface area contributed by atoms with Gasteiger partial charge in [0.1, 0.15) is 5.52 Å². The molecule has 0 aliphatic carbocycles. The standard InChI is InChI=1S/C24H21ClN4O4/c1-3-28(4-2)17-8-5-15(6-9-17)24-27-21-13-16(7-12-22(21)33-24)26-23(30)19-11-10-18(29(31)32)14-20(19)25/h5-14H,3-4H2,1-2H3,(H,26,30). The van der Waals surface area contributed by atoms with Crippen molar-refractivity contribution in [1.29, 1.82) is 0 Å². The molecule has 0 spiro atoms. The quantitative estimate of drug-likeness (QED) is 0.260. The van der Waals surface area contributed by atoms with Crippen LogP contribution >= 0.6 is 11.6 Å². The number of non-ortho nitro benzene ring substituents is 1. The van der Waals surface area contributed by atoms with Crippen LogP contribution < -0.4 is 10.2 Å². The minimum atomic E-state index is -0.569. The van der Waals surface area contributed by atoms with Gasteiger partial charge in [-0.05, 0) is 62.4 Å². The minimum Gasteiger partial charge on any atom is -0.436 e. The summed E-state index contributed by atoms with van der Waals surface area (Å²) in [5, 5.41) is 13.6. The largest absolute Gasteiger partial charge is 0.436 e. The van der Waals surface area contributed by atoms with Gasteiger partial charge in [-0.25, -0.2) is 4.98 Å². The molecule has 4 aromatic rings. The number of hydrogen-bond acceptors (Lipinski definition) is 6. The molecule has 1 N–H and O–H groups in total. The normalized spacial score (nSPS) is 10.9. The van der Waals surface area contributed by atoms with E-state index < -0.39 is 10.8 Å². The number of anilines is 2. The number of aromatic nitrogens is 1. The molecule has 33 heavy (non-hydrogen) atoms. The van der Waals surface area contributed by atoms with Gasteiger partial charge >= 0.3 is 0 Å². The Morgan fingerprint density at radius 3 is 2.45 bits per heavy atom. The Kier molecular flexibility index (Phi) is 6.28. The fourth-order valence-corrected chi connectivity index (χ4v) is 3.79. The molecule has 0 atom stereocenters. The number of oxazole rings is 1. The van der Waals surface area contributed by atoms with Crippen LogP contribution in [0.4, 0.5) is 17.1 Å². The van der Waals surface area contributed by atoms with Crippen LogP contribution in [0.5, 0.6) is 0 Å². The molecule has 168 valence electrons. The van der Waals surface area contributed by atoms with Crippen LogP contribution in [0.1, 0.15) is 24.2 Å². The Balaban J connectivity index is 1.55. The third-order valence-corrected chi connectivity index (χ3v) is 5.61. The summed E-state index contributed by atoms with van der Waals surface area (Å²) < 4.78 is 5.88. The fraction of sp³-hybridized carbons (Fsp3) is 0.167. The molecule has 0 aliphatic heterocycles. The number of carbonyl (C=O) groups is 1. The summed E-state index contributed by atoms with van der Waals surface area (Å²) in [6, 6.07) is 16.8. The van der Waals surface area contributed by atoms with Crippen LogP contribution in [0.25, 0.3) is 22.6 Å². The van der Waals surface area contributed by atoms with E-state index in [-0.39, 0.29) is 16.3 Å². The molecule has 1 heterocycles. The molecular weight excluding hydrogens is 444 g/mol. The van der Waals surface area contributed by atoms with E-state index in [1.165, 1.54) is 12.1 Å². The number of nitro groups is 1. The highest BCUT2D eigenvalue weighted by Crippen LogP contribution is 2.29. The monoisotopic (exact) mass is 464 g/mol. The number of benzene rings is 3. The Morgan fingerprint density at radius 1 is 1.09 bits per heavy atom. The molecule has 8 nitrogen and oxygen atoms in total. The highest BCUT2D eigenvalue weighted by Gasteiger charge is 2.16. The van der Waals surface area contributed by atoms with Gasteiger partial charge in [0, 0.05) is 42.2 Å². The summed E-state index contributed by atoms with van der Waals surface area (Å²) in [6.07, 6.45) is 0. The van der Waals surface area contributed by atoms with Crippen molar-refractivity contribution in [2.45, 2.75) is 13.8 Å². The second kappa shape index (κ2) is 9.30. The van der Waals surface area contributed by atoms with Crippen molar-refractivity contribution in [3.05, 3.63) is 81.4 Å². The molecule has 0 aliphatic rings. The van der Waals surface area contributed by atoms with E-state index in [1.807, 2.05) is 24.3 Å². The first-order valence-corrected chi connectivity index (χ1v) is 10.8. The van der Waals surface area contributed by atoms with Crippen molar-refractivity contribution >= 4 is 45.7 Å². The lowest BCUT2D eigenvalue weighted by Gasteiger charge is -2.20. The van der Waals surface area contributed by atoms with Gasteiger partial charge in [0.15, 0.2) is 5.58 Å². The van der Waals surface area contributed by atoms with Crippen molar-refractivity contribution in [2.24, 2.45) is 0 Å². The first kappa shape index (κ1) is 22.3. The Hall–Kier alpha value is -3.91. The van der Waals surface area contributed by atoms with Gasteiger partial charge < -0.3 is 14.6 Å². The molecule has 0 saturated carbocycles. The van der Waals surface area contributed by atoms with E-state index in [4.69, 9.17) is 16.0 Å². The molecule has 9 heteroatoms. The Morgan fingerprint density at radius 2 is 1.82 bits per heavy atom. The van der Waals surface area contributed by atoms with Gasteiger partial charge in [0.05, 0.1) is 15.5 Å². The lowest BCUT2D eigenvalue weighted by Crippen LogP contribution is -2.21. The van der Waals surface area contributed by atoms with Crippen molar-refractivity contribution in [3.63, 3.8) is 0 Å². The van der Waals surface area contributed by atoms with Crippen LogP contribution in [-0.4, -0.2) is 28.9 Å². The lowest BCUT2D eigenvalue weighted by atomic mass is 10.2. The summed E-state index contributed by atoms with van der Waals surface area (Å²) in [5.41, 5.74) is 3.61. The smallest absolute Gasteiger partial charge is 0.270 e. The Labute approximate surface area is 194 Å². The van der Waals surface area contributed by atoms with Gasteiger partial charge in [-0.15, -0.1) is 0 Å². The van der Waals surface area contributed by atoms with Crippen molar-refractivity contribution in [2.75, 3.05) is 23.3 Å². The van der Waals surface area contributed by atoms with Crippen LogP contribution in [0, 0.1) is 10.1 Å². The highest BCUT2D eigenvalue weighted by molar-refractivity contribution is 6.34. The zero-order valence-electron chi connectivity index (χ0n) is 18.0.